The van der Waals surface area contributed by atoms with E-state index in [0.29, 0.717) is 10.2 Å². The monoisotopic (exact) mass is 378 g/mol. The van der Waals surface area contributed by atoms with Crippen LogP contribution in [0.3, 0.4) is 0 Å². The number of nitrogens with one attached hydrogen (secondary N) is 1. The van der Waals surface area contributed by atoms with E-state index in [2.05, 4.69) is 30.6 Å². The van der Waals surface area contributed by atoms with Crippen molar-refractivity contribution in [1.29, 1.82) is 0 Å². The third kappa shape index (κ3) is 4.62. The largest absolute Gasteiger partial charge is 0.411 e. The zero-order valence-electron chi connectivity index (χ0n) is 10.6. The predicted octanol–water partition coefficient (Wildman–Crippen LogP) is 4.65. The highest BCUT2D eigenvalue weighted by Crippen LogP contribution is 2.26. The Balaban J connectivity index is 2.25. The van der Waals surface area contributed by atoms with Gasteiger partial charge in [-0.2, -0.15) is 13.2 Å². The molecule has 0 aliphatic carbocycles. The lowest BCUT2D eigenvalue weighted by atomic mass is 10.1. The zero-order valence-corrected chi connectivity index (χ0v) is 13.0. The summed E-state index contributed by atoms with van der Waals surface area (Å²) in [7, 11) is 0. The van der Waals surface area contributed by atoms with E-state index in [0.717, 1.165) is 5.56 Å². The van der Waals surface area contributed by atoms with Gasteiger partial charge in [-0.05, 0) is 21.5 Å². The summed E-state index contributed by atoms with van der Waals surface area (Å²) in [5.41, 5.74) is 1.50. The van der Waals surface area contributed by atoms with Crippen molar-refractivity contribution >= 4 is 28.1 Å². The van der Waals surface area contributed by atoms with Crippen molar-refractivity contribution in [2.75, 3.05) is 6.61 Å². The van der Waals surface area contributed by atoms with Crippen LogP contribution < -0.4 is 0 Å². The van der Waals surface area contributed by atoms with Crippen LogP contribution in [0.2, 0.25) is 0 Å². The van der Waals surface area contributed by atoms with Crippen LogP contribution in [0, 0.1) is 4.64 Å². The minimum Gasteiger partial charge on any atom is -0.364 e. The summed E-state index contributed by atoms with van der Waals surface area (Å²) in [6.45, 7) is -1.62. The van der Waals surface area contributed by atoms with Crippen LogP contribution in [0.4, 0.5) is 13.2 Å². The standard InChI is InChI=1S/C13H10BrF3N2OS/c14-10-11(8-4-2-1-3-5-8)18-9(19-12(10)21)6-20-7-13(15,16)17/h1-5H,6-7H2,(H,18,19,21). The van der Waals surface area contributed by atoms with E-state index in [1.807, 2.05) is 30.3 Å². The summed E-state index contributed by atoms with van der Waals surface area (Å²) < 4.78 is 41.6. The molecule has 0 radical (unpaired) electrons. The van der Waals surface area contributed by atoms with Gasteiger partial charge in [-0.15, -0.1) is 0 Å². The highest BCUT2D eigenvalue weighted by Gasteiger charge is 2.27. The van der Waals surface area contributed by atoms with Crippen molar-refractivity contribution in [3.8, 4) is 11.3 Å². The normalized spacial score (nSPS) is 11.6. The summed E-state index contributed by atoms with van der Waals surface area (Å²) in [5, 5.41) is 0. The molecule has 2 rings (SSSR count). The number of benzene rings is 1. The Morgan fingerprint density at radius 3 is 2.52 bits per heavy atom. The highest BCUT2D eigenvalue weighted by molar-refractivity contribution is 9.10. The fraction of sp³-hybridized carbons (Fsp3) is 0.231. The van der Waals surface area contributed by atoms with Crippen molar-refractivity contribution in [3.05, 3.63) is 45.3 Å². The molecule has 0 saturated carbocycles. The van der Waals surface area contributed by atoms with E-state index >= 15 is 0 Å². The number of rotatable bonds is 4. The molecule has 0 saturated heterocycles. The van der Waals surface area contributed by atoms with Crippen molar-refractivity contribution in [1.82, 2.24) is 9.97 Å². The van der Waals surface area contributed by atoms with Gasteiger partial charge in [0.25, 0.3) is 0 Å². The number of hydrogen-bond acceptors (Lipinski definition) is 3. The molecule has 8 heteroatoms. The number of ether oxygens (including phenoxy) is 1. The van der Waals surface area contributed by atoms with E-state index in [4.69, 9.17) is 12.2 Å². The summed E-state index contributed by atoms with van der Waals surface area (Å²) in [5.74, 6) is 0.242. The Hall–Kier alpha value is -1.25. The Morgan fingerprint density at radius 1 is 1.24 bits per heavy atom. The topological polar surface area (TPSA) is 37.9 Å². The first-order valence-corrected chi connectivity index (χ1v) is 7.05. The molecule has 0 amide bonds. The van der Waals surface area contributed by atoms with Crippen LogP contribution in [0.5, 0.6) is 0 Å². The molecular weight excluding hydrogens is 369 g/mol. The van der Waals surface area contributed by atoms with Gasteiger partial charge >= 0.3 is 6.18 Å². The predicted molar refractivity (Wildman–Crippen MR) is 78.3 cm³/mol. The Morgan fingerprint density at radius 2 is 1.90 bits per heavy atom. The second-order valence-corrected chi connectivity index (χ2v) is 5.33. The Bertz CT molecular complexity index is 673. The van der Waals surface area contributed by atoms with Gasteiger partial charge in [0.2, 0.25) is 0 Å². The molecule has 1 N–H and O–H groups in total. The van der Waals surface area contributed by atoms with E-state index in [1.165, 1.54) is 0 Å². The third-order valence-electron chi connectivity index (χ3n) is 2.48. The lowest BCUT2D eigenvalue weighted by Gasteiger charge is -2.10. The first-order valence-electron chi connectivity index (χ1n) is 5.85. The van der Waals surface area contributed by atoms with Gasteiger partial charge in [0.05, 0.1) is 10.2 Å². The maximum absolute atomic E-state index is 12.1. The number of halogens is 4. The first-order chi connectivity index (χ1) is 9.87. The molecule has 0 fully saturated rings. The van der Waals surface area contributed by atoms with Crippen LogP contribution in [0.1, 0.15) is 5.82 Å². The smallest absolute Gasteiger partial charge is 0.364 e. The summed E-state index contributed by atoms with van der Waals surface area (Å²) in [6, 6.07) is 9.26. The van der Waals surface area contributed by atoms with E-state index in [9.17, 15) is 13.2 Å². The van der Waals surface area contributed by atoms with Crippen LogP contribution in [0.15, 0.2) is 34.8 Å². The summed E-state index contributed by atoms with van der Waals surface area (Å²) in [6.07, 6.45) is -4.37. The molecule has 1 aromatic carbocycles. The van der Waals surface area contributed by atoms with Crippen LogP contribution >= 0.6 is 28.1 Å². The number of hydrogen-bond donors (Lipinski definition) is 1. The second-order valence-electron chi connectivity index (χ2n) is 4.15. The number of H-pyrrole nitrogens is 1. The molecule has 3 nitrogen and oxygen atoms in total. The van der Waals surface area contributed by atoms with Crippen molar-refractivity contribution in [2.24, 2.45) is 0 Å². The van der Waals surface area contributed by atoms with Crippen LogP contribution in [0.25, 0.3) is 11.3 Å². The minimum absolute atomic E-state index is 0.242. The van der Waals surface area contributed by atoms with Gasteiger partial charge in [0.1, 0.15) is 23.7 Å². The van der Waals surface area contributed by atoms with Gasteiger partial charge in [-0.1, -0.05) is 42.5 Å². The van der Waals surface area contributed by atoms with Gasteiger partial charge in [0, 0.05) is 0 Å². The first kappa shape index (κ1) is 16.1. The van der Waals surface area contributed by atoms with Crippen molar-refractivity contribution in [2.45, 2.75) is 12.8 Å². The zero-order chi connectivity index (χ0) is 15.5. The summed E-state index contributed by atoms with van der Waals surface area (Å²) in [4.78, 5) is 6.94. The number of nitrogens with zero attached hydrogens (tertiary/aromatic N) is 1. The van der Waals surface area contributed by atoms with Gasteiger partial charge in [0.15, 0.2) is 0 Å². The fourth-order valence-electron chi connectivity index (χ4n) is 1.64. The average molecular weight is 379 g/mol. The SMILES string of the molecule is FC(F)(F)COCc1nc(=S)c(Br)c(-c2ccccc2)[nH]1. The highest BCUT2D eigenvalue weighted by atomic mass is 79.9. The molecule has 0 bridgehead atoms. The lowest BCUT2D eigenvalue weighted by molar-refractivity contribution is -0.177. The molecule has 0 spiro atoms. The van der Waals surface area contributed by atoms with E-state index in [-0.39, 0.29) is 17.1 Å². The minimum atomic E-state index is -4.37. The van der Waals surface area contributed by atoms with Gasteiger partial charge < -0.3 is 9.72 Å². The maximum atomic E-state index is 12.1. The van der Waals surface area contributed by atoms with Crippen LogP contribution in [-0.4, -0.2) is 22.8 Å². The molecule has 112 valence electrons. The molecular formula is C13H10BrF3N2OS. The quantitative estimate of drug-likeness (QED) is 0.787. The molecule has 0 atom stereocenters. The third-order valence-corrected chi connectivity index (χ3v) is 3.81. The van der Waals surface area contributed by atoms with Gasteiger partial charge in [-0.25, -0.2) is 4.98 Å². The fourth-order valence-corrected chi connectivity index (χ4v) is 2.27. The number of aromatic amines is 1. The maximum Gasteiger partial charge on any atom is 0.411 e. The molecule has 1 aromatic heterocycles. The summed E-state index contributed by atoms with van der Waals surface area (Å²) >= 11 is 8.43. The Labute approximate surface area is 132 Å². The molecule has 0 aliphatic rings. The second kappa shape index (κ2) is 6.67. The Kier molecular flexibility index (Phi) is 5.13. The molecule has 1 heterocycles. The van der Waals surface area contributed by atoms with Gasteiger partial charge in [-0.3, -0.25) is 0 Å². The van der Waals surface area contributed by atoms with Crippen molar-refractivity contribution in [3.63, 3.8) is 0 Å². The lowest BCUT2D eigenvalue weighted by Crippen LogP contribution is -2.17. The molecule has 0 aliphatic heterocycles. The van der Waals surface area contributed by atoms with Crippen LogP contribution in [-0.2, 0) is 11.3 Å². The number of aromatic nitrogens is 2. The average Bonchev–Trinajstić information content (AvgIpc) is 2.42. The van der Waals surface area contributed by atoms with E-state index in [1.54, 1.807) is 0 Å². The molecule has 0 unspecified atom stereocenters. The molecule has 21 heavy (non-hydrogen) atoms. The van der Waals surface area contributed by atoms with Crippen molar-refractivity contribution < 1.29 is 17.9 Å². The number of alkyl halides is 3. The molecule has 2 aromatic rings. The van der Waals surface area contributed by atoms with E-state index < -0.39 is 12.8 Å².